The zero-order chi connectivity index (χ0) is 16.1. The van der Waals surface area contributed by atoms with Crippen LogP contribution in [0.25, 0.3) is 0 Å². The fourth-order valence-electron chi connectivity index (χ4n) is 2.57. The second-order valence-electron chi connectivity index (χ2n) is 5.83. The largest absolute Gasteiger partial charge is 0.343 e. The molecule has 0 radical (unpaired) electrons. The van der Waals surface area contributed by atoms with E-state index in [4.69, 9.17) is 5.73 Å². The Labute approximate surface area is 151 Å². The molecule has 0 aromatic heterocycles. The Morgan fingerprint density at radius 1 is 1.30 bits per heavy atom. The highest BCUT2D eigenvalue weighted by Crippen LogP contribution is 2.21. The molecule has 1 aliphatic heterocycles. The lowest BCUT2D eigenvalue weighted by Gasteiger charge is -2.31. The third-order valence-corrected chi connectivity index (χ3v) is 4.36. The number of hydrogen-bond donors (Lipinski definition) is 2. The van der Waals surface area contributed by atoms with E-state index in [1.807, 2.05) is 36.1 Å². The van der Waals surface area contributed by atoms with Crippen LogP contribution in [0.4, 0.5) is 5.69 Å². The summed E-state index contributed by atoms with van der Waals surface area (Å²) < 4.78 is 0.978. The van der Waals surface area contributed by atoms with E-state index < -0.39 is 0 Å². The van der Waals surface area contributed by atoms with Crippen LogP contribution in [0, 0.1) is 5.92 Å². The minimum Gasteiger partial charge on any atom is -0.343 e. The predicted molar refractivity (Wildman–Crippen MR) is 97.6 cm³/mol. The highest BCUT2D eigenvalue weighted by molar-refractivity contribution is 9.10. The molecule has 1 aromatic carbocycles. The van der Waals surface area contributed by atoms with Crippen molar-refractivity contribution in [2.24, 2.45) is 11.7 Å². The number of rotatable bonds is 4. The van der Waals surface area contributed by atoms with Crippen molar-refractivity contribution in [2.45, 2.75) is 32.2 Å². The molecule has 3 N–H and O–H groups in total. The van der Waals surface area contributed by atoms with Crippen LogP contribution in [0.2, 0.25) is 0 Å². The van der Waals surface area contributed by atoms with Crippen molar-refractivity contribution >= 4 is 45.8 Å². The third-order valence-electron chi connectivity index (χ3n) is 3.83. The zero-order valence-electron chi connectivity index (χ0n) is 13.1. The van der Waals surface area contributed by atoms with Gasteiger partial charge in [0.25, 0.3) is 0 Å². The molecule has 23 heavy (non-hydrogen) atoms. The molecule has 1 atom stereocenters. The molecule has 128 valence electrons. The Balaban J connectivity index is 0.00000264. The molecule has 2 amide bonds. The van der Waals surface area contributed by atoms with E-state index >= 15 is 0 Å². The predicted octanol–water partition coefficient (Wildman–Crippen LogP) is 2.79. The summed E-state index contributed by atoms with van der Waals surface area (Å²) in [6.07, 6.45) is 1.77. The van der Waals surface area contributed by atoms with Crippen molar-refractivity contribution in [3.63, 3.8) is 0 Å². The number of nitrogens with one attached hydrogen (secondary N) is 1. The molecule has 0 bridgehead atoms. The summed E-state index contributed by atoms with van der Waals surface area (Å²) in [6, 6.07) is 7.40. The van der Waals surface area contributed by atoms with Gasteiger partial charge >= 0.3 is 0 Å². The van der Waals surface area contributed by atoms with E-state index in [1.165, 1.54) is 0 Å². The highest BCUT2D eigenvalue weighted by Gasteiger charge is 2.27. The molecule has 0 aliphatic carbocycles. The number of anilines is 1. The molecule has 0 spiro atoms. The normalized spacial score (nSPS) is 16.4. The van der Waals surface area contributed by atoms with Crippen LogP contribution in [-0.2, 0) is 9.59 Å². The van der Waals surface area contributed by atoms with Crippen molar-refractivity contribution in [2.75, 3.05) is 18.4 Å². The van der Waals surface area contributed by atoms with Gasteiger partial charge in [-0.25, -0.2) is 0 Å². The summed E-state index contributed by atoms with van der Waals surface area (Å²) in [5, 5.41) is 2.93. The highest BCUT2D eigenvalue weighted by atomic mass is 79.9. The monoisotopic (exact) mass is 403 g/mol. The van der Waals surface area contributed by atoms with Crippen LogP contribution in [-0.4, -0.2) is 35.8 Å². The Kier molecular flexibility index (Phi) is 8.02. The average Bonchev–Trinajstić information content (AvgIpc) is 2.49. The van der Waals surface area contributed by atoms with E-state index in [0.29, 0.717) is 32.4 Å². The molecule has 0 saturated carbocycles. The summed E-state index contributed by atoms with van der Waals surface area (Å²) in [4.78, 5) is 26.0. The van der Waals surface area contributed by atoms with Gasteiger partial charge in [0.05, 0.1) is 0 Å². The van der Waals surface area contributed by atoms with Crippen molar-refractivity contribution in [3.05, 3.63) is 28.7 Å². The molecule has 1 heterocycles. The first-order valence-corrected chi connectivity index (χ1v) is 8.35. The lowest BCUT2D eigenvalue weighted by molar-refractivity contribution is -0.134. The van der Waals surface area contributed by atoms with Crippen LogP contribution < -0.4 is 11.1 Å². The topological polar surface area (TPSA) is 75.4 Å². The minimum atomic E-state index is -0.120. The number of nitrogens with zero attached hydrogens (tertiary/aromatic N) is 1. The number of carbonyl (C=O) groups excluding carboxylic acids is 2. The number of amides is 2. The second kappa shape index (κ2) is 9.25. The first-order valence-electron chi connectivity index (χ1n) is 7.55. The third kappa shape index (κ3) is 6.12. The van der Waals surface area contributed by atoms with E-state index in [1.54, 1.807) is 0 Å². The van der Waals surface area contributed by atoms with Crippen LogP contribution in [0.5, 0.6) is 0 Å². The Morgan fingerprint density at radius 2 is 1.87 bits per heavy atom. The van der Waals surface area contributed by atoms with Gasteiger partial charge in [0.1, 0.15) is 0 Å². The maximum absolute atomic E-state index is 12.3. The second-order valence-corrected chi connectivity index (χ2v) is 6.75. The summed E-state index contributed by atoms with van der Waals surface area (Å²) >= 11 is 3.37. The molecule has 1 fully saturated rings. The van der Waals surface area contributed by atoms with Crippen LogP contribution >= 0.6 is 28.3 Å². The van der Waals surface area contributed by atoms with Gasteiger partial charge in [-0.1, -0.05) is 15.9 Å². The van der Waals surface area contributed by atoms with Gasteiger partial charge in [-0.3, -0.25) is 9.59 Å². The number of carbonyl (C=O) groups is 2. The van der Waals surface area contributed by atoms with Gasteiger partial charge < -0.3 is 16.0 Å². The molecule has 1 unspecified atom stereocenters. The fraction of sp³-hybridized carbons (Fsp3) is 0.500. The quantitative estimate of drug-likeness (QED) is 0.810. The molecule has 1 aromatic rings. The molecular formula is C16H23BrClN3O2. The minimum absolute atomic E-state index is 0. The summed E-state index contributed by atoms with van der Waals surface area (Å²) in [7, 11) is 0. The lowest BCUT2D eigenvalue weighted by Crippen LogP contribution is -2.42. The number of nitrogens with two attached hydrogens (primary N) is 1. The van der Waals surface area contributed by atoms with Crippen molar-refractivity contribution in [1.82, 2.24) is 4.90 Å². The first-order chi connectivity index (χ1) is 10.5. The van der Waals surface area contributed by atoms with Crippen LogP contribution in [0.1, 0.15) is 26.2 Å². The molecule has 2 rings (SSSR count). The average molecular weight is 405 g/mol. The number of halogens is 2. The molecule has 7 heteroatoms. The van der Waals surface area contributed by atoms with Gasteiger partial charge in [0, 0.05) is 41.6 Å². The van der Waals surface area contributed by atoms with Gasteiger partial charge in [-0.15, -0.1) is 12.4 Å². The van der Waals surface area contributed by atoms with E-state index in [9.17, 15) is 9.59 Å². The number of likely N-dealkylation sites (tertiary alicyclic amines) is 1. The smallest absolute Gasteiger partial charge is 0.227 e. The Bertz CT molecular complexity index is 529. The number of hydrogen-bond acceptors (Lipinski definition) is 3. The van der Waals surface area contributed by atoms with Crippen LogP contribution in [0.15, 0.2) is 28.7 Å². The Hall–Kier alpha value is -1.11. The van der Waals surface area contributed by atoms with E-state index in [0.717, 1.165) is 10.2 Å². The number of piperidine rings is 1. The van der Waals surface area contributed by atoms with Gasteiger partial charge in [0.2, 0.25) is 11.8 Å². The molecule has 5 nitrogen and oxygen atoms in total. The van der Waals surface area contributed by atoms with E-state index in [2.05, 4.69) is 21.2 Å². The maximum Gasteiger partial charge on any atom is 0.227 e. The summed E-state index contributed by atoms with van der Waals surface area (Å²) in [6.45, 7) is 3.09. The van der Waals surface area contributed by atoms with Gasteiger partial charge in [-0.2, -0.15) is 0 Å². The van der Waals surface area contributed by atoms with Crippen molar-refractivity contribution < 1.29 is 9.59 Å². The Morgan fingerprint density at radius 3 is 2.39 bits per heavy atom. The van der Waals surface area contributed by atoms with Crippen molar-refractivity contribution in [1.29, 1.82) is 0 Å². The zero-order valence-corrected chi connectivity index (χ0v) is 15.5. The fourth-order valence-corrected chi connectivity index (χ4v) is 2.84. The molecule has 1 saturated heterocycles. The van der Waals surface area contributed by atoms with Crippen LogP contribution in [0.3, 0.4) is 0 Å². The standard InChI is InChI=1S/C16H22BrN3O2.ClH/c1-11(18)10-15(21)20-8-6-12(7-9-20)16(22)19-14-4-2-13(17)3-5-14;/h2-5,11-12H,6-10,18H2,1H3,(H,19,22);1H. The summed E-state index contributed by atoms with van der Waals surface area (Å²) in [5.74, 6) is 0.0754. The molecular weight excluding hydrogens is 382 g/mol. The summed E-state index contributed by atoms with van der Waals surface area (Å²) in [5.41, 5.74) is 6.45. The van der Waals surface area contributed by atoms with Gasteiger partial charge in [0.15, 0.2) is 0 Å². The maximum atomic E-state index is 12.3. The number of benzene rings is 1. The van der Waals surface area contributed by atoms with E-state index in [-0.39, 0.29) is 36.2 Å². The molecule has 1 aliphatic rings. The lowest BCUT2D eigenvalue weighted by atomic mass is 9.95. The SMILES string of the molecule is CC(N)CC(=O)N1CCC(C(=O)Nc2ccc(Br)cc2)CC1.Cl. The first kappa shape index (κ1) is 19.9. The van der Waals surface area contributed by atoms with Crippen molar-refractivity contribution in [3.8, 4) is 0 Å². The van der Waals surface area contributed by atoms with Gasteiger partial charge in [-0.05, 0) is 44.0 Å².